The van der Waals surface area contributed by atoms with E-state index in [-0.39, 0.29) is 0 Å². The van der Waals surface area contributed by atoms with E-state index in [1.807, 2.05) is 11.8 Å². The predicted octanol–water partition coefficient (Wildman–Crippen LogP) is 4.11. The second-order valence-corrected chi connectivity index (χ2v) is 5.43. The van der Waals surface area contributed by atoms with E-state index in [1.54, 1.807) is 0 Å². The second-order valence-electron chi connectivity index (χ2n) is 3.05. The van der Waals surface area contributed by atoms with Gasteiger partial charge in [0.15, 0.2) is 0 Å². The average molecular weight is 277 g/mol. The number of thioether (sulfide) groups is 1. The zero-order chi connectivity index (χ0) is 9.68. The standard InChI is InChI=1S/C10H13BrS2/c1-8(6-12)7-13-10-4-2-9(11)3-5-10/h2-5,8,12H,6-7H2,1H3. The maximum absolute atomic E-state index is 4.26. The summed E-state index contributed by atoms with van der Waals surface area (Å²) in [6.45, 7) is 2.22. The van der Waals surface area contributed by atoms with Crippen LogP contribution >= 0.6 is 40.3 Å². The Bertz CT molecular complexity index is 246. The van der Waals surface area contributed by atoms with E-state index in [9.17, 15) is 0 Å². The van der Waals surface area contributed by atoms with Crippen LogP contribution in [0.3, 0.4) is 0 Å². The molecule has 3 heteroatoms. The Hall–Kier alpha value is 0.400. The van der Waals surface area contributed by atoms with E-state index < -0.39 is 0 Å². The molecule has 0 aliphatic rings. The van der Waals surface area contributed by atoms with Crippen molar-refractivity contribution in [3.8, 4) is 0 Å². The van der Waals surface area contributed by atoms with E-state index in [2.05, 4.69) is 59.7 Å². The van der Waals surface area contributed by atoms with Gasteiger partial charge in [0.1, 0.15) is 0 Å². The molecule has 0 N–H and O–H groups in total. The molecule has 1 atom stereocenters. The summed E-state index contributed by atoms with van der Waals surface area (Å²) < 4.78 is 1.14. The molecule has 1 unspecified atom stereocenters. The van der Waals surface area contributed by atoms with E-state index in [1.165, 1.54) is 4.90 Å². The van der Waals surface area contributed by atoms with Gasteiger partial charge in [0.25, 0.3) is 0 Å². The first kappa shape index (κ1) is 11.5. The van der Waals surface area contributed by atoms with Crippen LogP contribution in [0.5, 0.6) is 0 Å². The smallest absolute Gasteiger partial charge is 0.0176 e. The van der Waals surface area contributed by atoms with E-state index in [0.29, 0.717) is 5.92 Å². The van der Waals surface area contributed by atoms with Gasteiger partial charge in [0.05, 0.1) is 0 Å². The molecule has 1 aromatic carbocycles. The third-order valence-electron chi connectivity index (χ3n) is 1.66. The summed E-state index contributed by atoms with van der Waals surface area (Å²) in [5, 5.41) is 0. The van der Waals surface area contributed by atoms with Crippen molar-refractivity contribution in [3.63, 3.8) is 0 Å². The fourth-order valence-electron chi connectivity index (χ4n) is 0.822. The number of hydrogen-bond acceptors (Lipinski definition) is 2. The quantitative estimate of drug-likeness (QED) is 0.638. The second kappa shape index (κ2) is 5.99. The molecule has 1 rings (SSSR count). The van der Waals surface area contributed by atoms with Crippen LogP contribution in [0.1, 0.15) is 6.92 Å². The van der Waals surface area contributed by atoms with Crippen molar-refractivity contribution >= 4 is 40.3 Å². The lowest BCUT2D eigenvalue weighted by atomic mass is 10.3. The molecule has 0 fully saturated rings. The van der Waals surface area contributed by atoms with E-state index in [0.717, 1.165) is 16.0 Å². The molecule has 0 heterocycles. The molecule has 0 bridgehead atoms. The van der Waals surface area contributed by atoms with Crippen molar-refractivity contribution in [2.24, 2.45) is 5.92 Å². The van der Waals surface area contributed by atoms with Crippen molar-refractivity contribution < 1.29 is 0 Å². The van der Waals surface area contributed by atoms with Crippen molar-refractivity contribution in [1.82, 2.24) is 0 Å². The summed E-state index contributed by atoms with van der Waals surface area (Å²) in [4.78, 5) is 1.33. The van der Waals surface area contributed by atoms with Gasteiger partial charge < -0.3 is 0 Å². The molecule has 0 saturated carbocycles. The monoisotopic (exact) mass is 276 g/mol. The predicted molar refractivity (Wildman–Crippen MR) is 67.9 cm³/mol. The Morgan fingerprint density at radius 2 is 2.00 bits per heavy atom. The maximum atomic E-state index is 4.26. The molecule has 0 aliphatic heterocycles. The summed E-state index contributed by atoms with van der Waals surface area (Å²) in [6, 6.07) is 8.43. The van der Waals surface area contributed by atoms with Crippen LogP contribution in [0.4, 0.5) is 0 Å². The Morgan fingerprint density at radius 1 is 1.38 bits per heavy atom. The van der Waals surface area contributed by atoms with Gasteiger partial charge in [0.2, 0.25) is 0 Å². The first-order chi connectivity index (χ1) is 6.22. The van der Waals surface area contributed by atoms with Crippen LogP contribution in [-0.2, 0) is 0 Å². The van der Waals surface area contributed by atoms with Gasteiger partial charge in [0, 0.05) is 15.1 Å². The largest absolute Gasteiger partial charge is 0.179 e. The lowest BCUT2D eigenvalue weighted by Gasteiger charge is -2.06. The highest BCUT2D eigenvalue weighted by atomic mass is 79.9. The molecule has 0 aliphatic carbocycles. The molecular weight excluding hydrogens is 264 g/mol. The third kappa shape index (κ3) is 4.43. The van der Waals surface area contributed by atoms with Gasteiger partial charge in [-0.15, -0.1) is 11.8 Å². The van der Waals surface area contributed by atoms with Crippen LogP contribution in [0.15, 0.2) is 33.6 Å². The fourth-order valence-corrected chi connectivity index (χ4v) is 2.31. The summed E-state index contributed by atoms with van der Waals surface area (Å²) in [5.41, 5.74) is 0. The van der Waals surface area contributed by atoms with Crippen LogP contribution in [0.25, 0.3) is 0 Å². The summed E-state index contributed by atoms with van der Waals surface area (Å²) >= 11 is 9.57. The molecule has 0 saturated heterocycles. The SMILES string of the molecule is CC(CS)CSc1ccc(Br)cc1. The number of benzene rings is 1. The summed E-state index contributed by atoms with van der Waals surface area (Å²) in [7, 11) is 0. The summed E-state index contributed by atoms with van der Waals surface area (Å²) in [6.07, 6.45) is 0. The topological polar surface area (TPSA) is 0 Å². The fraction of sp³-hybridized carbons (Fsp3) is 0.400. The molecule has 0 nitrogen and oxygen atoms in total. The number of halogens is 1. The van der Waals surface area contributed by atoms with Crippen molar-refractivity contribution in [2.45, 2.75) is 11.8 Å². The van der Waals surface area contributed by atoms with Gasteiger partial charge in [-0.05, 0) is 35.9 Å². The first-order valence-electron chi connectivity index (χ1n) is 4.21. The zero-order valence-electron chi connectivity index (χ0n) is 7.53. The normalized spacial score (nSPS) is 12.8. The number of thiol groups is 1. The molecule has 0 aromatic heterocycles. The van der Waals surface area contributed by atoms with Crippen LogP contribution < -0.4 is 0 Å². The molecule has 72 valence electrons. The Balaban J connectivity index is 2.41. The molecule has 0 amide bonds. The zero-order valence-corrected chi connectivity index (χ0v) is 10.8. The van der Waals surface area contributed by atoms with Gasteiger partial charge in [-0.25, -0.2) is 0 Å². The highest BCUT2D eigenvalue weighted by Gasteiger charge is 2.00. The highest BCUT2D eigenvalue weighted by Crippen LogP contribution is 2.22. The molecule has 13 heavy (non-hydrogen) atoms. The van der Waals surface area contributed by atoms with Crippen molar-refractivity contribution in [1.29, 1.82) is 0 Å². The minimum Gasteiger partial charge on any atom is -0.179 e. The van der Waals surface area contributed by atoms with Gasteiger partial charge >= 0.3 is 0 Å². The average Bonchev–Trinajstić information content (AvgIpc) is 2.16. The lowest BCUT2D eigenvalue weighted by molar-refractivity contribution is 0.767. The van der Waals surface area contributed by atoms with Crippen LogP contribution in [-0.4, -0.2) is 11.5 Å². The highest BCUT2D eigenvalue weighted by molar-refractivity contribution is 9.10. The molecule has 0 radical (unpaired) electrons. The molecular formula is C10H13BrS2. The van der Waals surface area contributed by atoms with Gasteiger partial charge in [-0.3, -0.25) is 0 Å². The Labute approximate surface area is 98.0 Å². The van der Waals surface area contributed by atoms with Crippen molar-refractivity contribution in [2.75, 3.05) is 11.5 Å². The van der Waals surface area contributed by atoms with E-state index >= 15 is 0 Å². The van der Waals surface area contributed by atoms with Gasteiger partial charge in [-0.2, -0.15) is 12.6 Å². The van der Waals surface area contributed by atoms with Crippen molar-refractivity contribution in [3.05, 3.63) is 28.7 Å². The van der Waals surface area contributed by atoms with E-state index in [4.69, 9.17) is 0 Å². The minimum atomic E-state index is 0.678. The Kier molecular flexibility index (Phi) is 5.29. The molecule has 0 spiro atoms. The number of rotatable bonds is 4. The van der Waals surface area contributed by atoms with Crippen LogP contribution in [0, 0.1) is 5.92 Å². The summed E-state index contributed by atoms with van der Waals surface area (Å²) in [5.74, 6) is 2.78. The lowest BCUT2D eigenvalue weighted by Crippen LogP contribution is -1.98. The first-order valence-corrected chi connectivity index (χ1v) is 6.62. The third-order valence-corrected chi connectivity index (χ3v) is 4.15. The van der Waals surface area contributed by atoms with Gasteiger partial charge in [-0.1, -0.05) is 22.9 Å². The van der Waals surface area contributed by atoms with Crippen LogP contribution in [0.2, 0.25) is 0 Å². The Morgan fingerprint density at radius 3 is 2.54 bits per heavy atom. The molecule has 1 aromatic rings. The number of hydrogen-bond donors (Lipinski definition) is 1. The minimum absolute atomic E-state index is 0.678. The maximum Gasteiger partial charge on any atom is 0.0176 e.